The Bertz CT molecular complexity index is 1460. The van der Waals surface area contributed by atoms with Crippen LogP contribution in [0.3, 0.4) is 0 Å². The number of esters is 1. The number of aryl methyl sites for hydroxylation is 2. The summed E-state index contributed by atoms with van der Waals surface area (Å²) in [5.74, 6) is 0.0901. The van der Waals surface area contributed by atoms with Crippen LogP contribution in [0.4, 0.5) is 13.2 Å². The van der Waals surface area contributed by atoms with Crippen molar-refractivity contribution in [2.24, 2.45) is 0 Å². The first-order chi connectivity index (χ1) is 17.2. The second-order valence-electron chi connectivity index (χ2n) is 8.37. The summed E-state index contributed by atoms with van der Waals surface area (Å²) in [5.41, 5.74) is 0.908. The van der Waals surface area contributed by atoms with Gasteiger partial charge in [0.15, 0.2) is 11.3 Å². The van der Waals surface area contributed by atoms with Crippen LogP contribution in [0.2, 0.25) is 0 Å². The van der Waals surface area contributed by atoms with Crippen molar-refractivity contribution in [2.75, 3.05) is 13.7 Å². The second-order valence-corrected chi connectivity index (χ2v) is 8.37. The molecule has 190 valence electrons. The van der Waals surface area contributed by atoms with E-state index in [2.05, 4.69) is 5.16 Å². The van der Waals surface area contributed by atoms with Gasteiger partial charge in [-0.2, -0.15) is 13.2 Å². The number of carbonyl (C=O) groups is 1. The number of aromatic nitrogens is 2. The molecule has 0 saturated heterocycles. The Balaban J connectivity index is 1.50. The molecule has 0 N–H and O–H groups in total. The molecule has 0 unspecified atom stereocenters. The highest BCUT2D eigenvalue weighted by molar-refractivity contribution is 5.85. The summed E-state index contributed by atoms with van der Waals surface area (Å²) >= 11 is 0. The third-order valence-corrected chi connectivity index (χ3v) is 5.88. The zero-order valence-corrected chi connectivity index (χ0v) is 19.9. The number of hydrogen-bond acceptors (Lipinski definition) is 6. The number of pyridine rings is 1. The van der Waals surface area contributed by atoms with E-state index in [1.165, 1.54) is 25.3 Å². The van der Waals surface area contributed by atoms with Crippen LogP contribution in [0.15, 0.2) is 51.8 Å². The van der Waals surface area contributed by atoms with Crippen LogP contribution >= 0.6 is 0 Å². The summed E-state index contributed by atoms with van der Waals surface area (Å²) in [7, 11) is 1.33. The van der Waals surface area contributed by atoms with E-state index in [0.29, 0.717) is 37.1 Å². The lowest BCUT2D eigenvalue weighted by Crippen LogP contribution is -2.20. The number of alkyl halides is 3. The van der Waals surface area contributed by atoms with Crippen LogP contribution in [-0.2, 0) is 35.1 Å². The van der Waals surface area contributed by atoms with Gasteiger partial charge in [-0.25, -0.2) is 0 Å². The molecule has 10 heteroatoms. The van der Waals surface area contributed by atoms with Gasteiger partial charge in [0.1, 0.15) is 5.75 Å². The van der Waals surface area contributed by atoms with Crippen LogP contribution in [0.5, 0.6) is 5.75 Å². The SMILES string of the molecule is CCCc1c(OCCCn2c(=O)ccc3cc(CC(=O)OC)ccc32)ccc2c(C(F)(F)F)noc12. The molecule has 2 heterocycles. The lowest BCUT2D eigenvalue weighted by Gasteiger charge is -2.14. The third-order valence-electron chi connectivity index (χ3n) is 5.88. The van der Waals surface area contributed by atoms with Gasteiger partial charge in [-0.1, -0.05) is 24.6 Å². The molecule has 0 fully saturated rings. The molecule has 0 amide bonds. The molecule has 2 aromatic carbocycles. The first-order valence-electron chi connectivity index (χ1n) is 11.5. The van der Waals surface area contributed by atoms with Crippen molar-refractivity contribution in [3.8, 4) is 5.75 Å². The minimum atomic E-state index is -4.61. The Labute approximate surface area is 204 Å². The Hall–Kier alpha value is -3.82. The summed E-state index contributed by atoms with van der Waals surface area (Å²) in [6.07, 6.45) is -2.84. The smallest absolute Gasteiger partial charge is 0.437 e. The molecule has 0 aliphatic rings. The van der Waals surface area contributed by atoms with E-state index in [4.69, 9.17) is 14.0 Å². The van der Waals surface area contributed by atoms with E-state index in [9.17, 15) is 22.8 Å². The first-order valence-corrected chi connectivity index (χ1v) is 11.5. The minimum Gasteiger partial charge on any atom is -0.493 e. The van der Waals surface area contributed by atoms with Gasteiger partial charge in [-0.3, -0.25) is 9.59 Å². The zero-order chi connectivity index (χ0) is 25.9. The van der Waals surface area contributed by atoms with E-state index in [-0.39, 0.29) is 35.5 Å². The number of rotatable bonds is 9. The third kappa shape index (κ3) is 5.22. The van der Waals surface area contributed by atoms with Gasteiger partial charge in [0.25, 0.3) is 5.56 Å². The standard InChI is InChI=1S/C26H25F3N2O5/c1-3-5-18-21(10-8-19-24(18)36-30-25(19)26(27,28)29)35-13-4-12-31-20-9-6-16(15-23(33)34-2)14-17(20)7-11-22(31)32/h6-11,14H,3-5,12-13,15H2,1-2H3. The predicted molar refractivity (Wildman–Crippen MR) is 127 cm³/mol. The molecule has 0 aliphatic carbocycles. The molecular weight excluding hydrogens is 477 g/mol. The number of fused-ring (bicyclic) bond motifs is 2. The summed E-state index contributed by atoms with van der Waals surface area (Å²) in [6, 6.07) is 11.4. The largest absolute Gasteiger partial charge is 0.493 e. The molecule has 7 nitrogen and oxygen atoms in total. The van der Waals surface area contributed by atoms with Crippen molar-refractivity contribution in [3.05, 3.63) is 69.6 Å². The van der Waals surface area contributed by atoms with E-state index >= 15 is 0 Å². The Kier molecular flexibility index (Phi) is 7.32. The van der Waals surface area contributed by atoms with Gasteiger partial charge in [0, 0.05) is 18.2 Å². The van der Waals surface area contributed by atoms with Gasteiger partial charge >= 0.3 is 12.1 Å². The highest BCUT2D eigenvalue weighted by atomic mass is 19.4. The summed E-state index contributed by atoms with van der Waals surface area (Å²) in [5, 5.41) is 3.96. The van der Waals surface area contributed by atoms with Gasteiger partial charge in [0.2, 0.25) is 0 Å². The Morgan fingerprint density at radius 1 is 1.14 bits per heavy atom. The monoisotopic (exact) mass is 502 g/mol. The fraction of sp³-hybridized carbons (Fsp3) is 0.346. The summed E-state index contributed by atoms with van der Waals surface area (Å²) < 4.78 is 56.9. The number of benzene rings is 2. The zero-order valence-electron chi connectivity index (χ0n) is 19.9. The Morgan fingerprint density at radius 2 is 1.94 bits per heavy atom. The molecule has 4 rings (SSSR count). The fourth-order valence-electron chi connectivity index (χ4n) is 4.20. The van der Waals surface area contributed by atoms with E-state index in [1.54, 1.807) is 22.8 Å². The molecule has 4 aromatic rings. The maximum atomic E-state index is 13.2. The van der Waals surface area contributed by atoms with Crippen molar-refractivity contribution in [1.82, 2.24) is 9.72 Å². The predicted octanol–water partition coefficient (Wildman–Crippen LogP) is 5.30. The van der Waals surface area contributed by atoms with Crippen LogP contribution < -0.4 is 10.3 Å². The van der Waals surface area contributed by atoms with Crippen LogP contribution in [-0.4, -0.2) is 29.4 Å². The topological polar surface area (TPSA) is 83.6 Å². The molecule has 36 heavy (non-hydrogen) atoms. The molecule has 0 saturated carbocycles. The van der Waals surface area contributed by atoms with Crippen molar-refractivity contribution >= 4 is 27.8 Å². The molecule has 0 aliphatic heterocycles. The first kappa shape index (κ1) is 25.3. The minimum absolute atomic E-state index is 0.0784. The number of methoxy groups -OCH3 is 1. The molecule has 2 aromatic heterocycles. The maximum Gasteiger partial charge on any atom is 0.437 e. The molecule has 0 spiro atoms. The lowest BCUT2D eigenvalue weighted by molar-refractivity contribution is -0.141. The maximum absolute atomic E-state index is 13.2. The van der Waals surface area contributed by atoms with Crippen molar-refractivity contribution in [1.29, 1.82) is 0 Å². The van der Waals surface area contributed by atoms with E-state index in [0.717, 1.165) is 16.5 Å². The Morgan fingerprint density at radius 3 is 2.67 bits per heavy atom. The van der Waals surface area contributed by atoms with Crippen LogP contribution in [0, 0.1) is 0 Å². The van der Waals surface area contributed by atoms with Crippen molar-refractivity contribution in [2.45, 2.75) is 45.3 Å². The van der Waals surface area contributed by atoms with Crippen LogP contribution in [0.1, 0.15) is 36.6 Å². The average molecular weight is 502 g/mol. The summed E-state index contributed by atoms with van der Waals surface area (Å²) in [4.78, 5) is 24.1. The van der Waals surface area contributed by atoms with Crippen molar-refractivity contribution in [3.63, 3.8) is 0 Å². The average Bonchev–Trinajstić information content (AvgIpc) is 3.29. The number of carbonyl (C=O) groups excluding carboxylic acids is 1. The number of ether oxygens (including phenoxy) is 2. The number of hydrogen-bond donors (Lipinski definition) is 0. The quantitative estimate of drug-likeness (QED) is 0.228. The molecule has 0 atom stereocenters. The molecule has 0 bridgehead atoms. The van der Waals surface area contributed by atoms with Gasteiger partial charge in [0.05, 0.1) is 31.0 Å². The normalized spacial score (nSPS) is 11.8. The van der Waals surface area contributed by atoms with Crippen molar-refractivity contribution < 1.29 is 32.0 Å². The highest BCUT2D eigenvalue weighted by Crippen LogP contribution is 2.38. The number of halogens is 3. The van der Waals surface area contributed by atoms with Gasteiger partial charge in [-0.15, -0.1) is 0 Å². The van der Waals surface area contributed by atoms with Gasteiger partial charge < -0.3 is 18.6 Å². The highest BCUT2D eigenvalue weighted by Gasteiger charge is 2.37. The number of nitrogens with zero attached hydrogens (tertiary/aromatic N) is 2. The van der Waals surface area contributed by atoms with E-state index in [1.807, 2.05) is 13.0 Å². The molecular formula is C26H25F3N2O5. The van der Waals surface area contributed by atoms with Crippen LogP contribution in [0.25, 0.3) is 21.9 Å². The lowest BCUT2D eigenvalue weighted by atomic mass is 10.0. The summed E-state index contributed by atoms with van der Waals surface area (Å²) in [6.45, 7) is 2.53. The van der Waals surface area contributed by atoms with Gasteiger partial charge in [-0.05, 0) is 54.1 Å². The van der Waals surface area contributed by atoms with E-state index < -0.39 is 11.9 Å². The second kappa shape index (κ2) is 10.4. The molecule has 0 radical (unpaired) electrons. The fourth-order valence-corrected chi connectivity index (χ4v) is 4.20.